The molecular weight excluding hydrogens is 510 g/mol. The van der Waals surface area contributed by atoms with Crippen molar-refractivity contribution in [1.82, 2.24) is 14.5 Å². The lowest BCUT2D eigenvalue weighted by Gasteiger charge is -2.35. The van der Waals surface area contributed by atoms with E-state index in [2.05, 4.69) is 26.2 Å². The Balaban J connectivity index is 1.40. The van der Waals surface area contributed by atoms with E-state index in [1.54, 1.807) is 18.3 Å². The molecule has 8 nitrogen and oxygen atoms in total. The van der Waals surface area contributed by atoms with Crippen molar-refractivity contribution in [2.45, 2.75) is 37.2 Å². The molecule has 0 atom stereocenters. The number of aliphatic hydroxyl groups is 1. The summed E-state index contributed by atoms with van der Waals surface area (Å²) >= 11 is 3.45. The number of rotatable bonds is 6. The number of nitrogens with one attached hydrogen (secondary N) is 1. The zero-order valence-corrected chi connectivity index (χ0v) is 20.8. The van der Waals surface area contributed by atoms with Gasteiger partial charge in [-0.25, -0.2) is 4.98 Å². The molecular formula is C26H26BrN5O3. The van der Waals surface area contributed by atoms with Crippen LogP contribution < -0.4 is 15.8 Å². The Kier molecular flexibility index (Phi) is 6.21. The Hall–Kier alpha value is -3.43. The Morgan fingerprint density at radius 2 is 1.86 bits per heavy atom. The van der Waals surface area contributed by atoms with E-state index in [4.69, 9.17) is 15.5 Å². The van der Waals surface area contributed by atoms with Gasteiger partial charge in [-0.15, -0.1) is 0 Å². The largest absolute Gasteiger partial charge is 0.457 e. The fraction of sp³-hybridized carbons (Fsp3) is 0.269. The molecule has 1 aliphatic rings. The van der Waals surface area contributed by atoms with Gasteiger partial charge in [0.1, 0.15) is 11.5 Å². The molecule has 4 aromatic rings. The fourth-order valence-electron chi connectivity index (χ4n) is 4.61. The highest BCUT2D eigenvalue weighted by Crippen LogP contribution is 2.40. The number of ether oxygens (including phenoxy) is 1. The highest BCUT2D eigenvalue weighted by molar-refractivity contribution is 9.10. The number of benzene rings is 2. The molecule has 1 fully saturated rings. The summed E-state index contributed by atoms with van der Waals surface area (Å²) in [5.41, 5.74) is 8.17. The summed E-state index contributed by atoms with van der Waals surface area (Å²) in [6.45, 7) is 0. The summed E-state index contributed by atoms with van der Waals surface area (Å²) < 4.78 is 9.12. The topological polar surface area (TPSA) is 115 Å². The number of nitrogens with two attached hydrogens (primary N) is 1. The molecule has 4 N–H and O–H groups in total. The molecule has 1 saturated carbocycles. The van der Waals surface area contributed by atoms with E-state index < -0.39 is 17.4 Å². The third-order valence-electron chi connectivity index (χ3n) is 6.69. The number of aromatic nitrogens is 3. The van der Waals surface area contributed by atoms with Crippen molar-refractivity contribution >= 4 is 44.5 Å². The molecule has 0 bridgehead atoms. The van der Waals surface area contributed by atoms with Crippen LogP contribution in [0, 0.1) is 0 Å². The van der Waals surface area contributed by atoms with E-state index >= 15 is 0 Å². The molecule has 0 aliphatic heterocycles. The Bertz CT molecular complexity index is 1380. The van der Waals surface area contributed by atoms with Gasteiger partial charge in [-0.1, -0.05) is 15.9 Å². The second-order valence-electron chi connectivity index (χ2n) is 8.93. The van der Waals surface area contributed by atoms with Crippen molar-refractivity contribution < 1.29 is 14.6 Å². The van der Waals surface area contributed by atoms with E-state index in [-0.39, 0.29) is 0 Å². The van der Waals surface area contributed by atoms with Crippen LogP contribution >= 0.6 is 15.9 Å². The number of aryl methyl sites for hydroxylation is 1. The summed E-state index contributed by atoms with van der Waals surface area (Å²) in [5.74, 6) is 1.48. The SMILES string of the molecule is Cn1c(Nc2ccc(Br)cc2)nc2cc(Oc3ccnc(C4(C(N)=O)CCC(O)CC4)c3)ccc21. The van der Waals surface area contributed by atoms with Gasteiger partial charge in [-0.05, 0) is 68.1 Å². The van der Waals surface area contributed by atoms with Crippen LogP contribution in [0.4, 0.5) is 11.6 Å². The lowest BCUT2D eigenvalue weighted by Crippen LogP contribution is -2.45. The van der Waals surface area contributed by atoms with Gasteiger partial charge in [-0.3, -0.25) is 9.78 Å². The number of hydrogen-bond acceptors (Lipinski definition) is 6. The first kappa shape index (κ1) is 23.3. The van der Waals surface area contributed by atoms with Crippen molar-refractivity contribution in [3.05, 3.63) is 71.0 Å². The number of aliphatic hydroxyl groups excluding tert-OH is 1. The minimum atomic E-state index is -0.892. The highest BCUT2D eigenvalue weighted by Gasteiger charge is 2.43. The quantitative estimate of drug-likeness (QED) is 0.322. The highest BCUT2D eigenvalue weighted by atomic mass is 79.9. The number of hydrogen-bond donors (Lipinski definition) is 3. The molecule has 5 rings (SSSR count). The maximum Gasteiger partial charge on any atom is 0.229 e. The van der Waals surface area contributed by atoms with Gasteiger partial charge < -0.3 is 25.5 Å². The minimum Gasteiger partial charge on any atom is -0.457 e. The molecule has 0 spiro atoms. The third-order valence-corrected chi connectivity index (χ3v) is 7.22. The van der Waals surface area contributed by atoms with Crippen LogP contribution in [0.1, 0.15) is 31.4 Å². The van der Waals surface area contributed by atoms with Crippen LogP contribution in [0.25, 0.3) is 11.0 Å². The van der Waals surface area contributed by atoms with E-state index in [0.29, 0.717) is 48.8 Å². The number of anilines is 2. The number of primary amides is 1. The molecule has 1 aliphatic carbocycles. The number of nitrogens with zero attached hydrogens (tertiary/aromatic N) is 3. The van der Waals surface area contributed by atoms with Crippen molar-refractivity contribution in [2.75, 3.05) is 5.32 Å². The number of pyridine rings is 1. The first-order chi connectivity index (χ1) is 16.8. The molecule has 35 heavy (non-hydrogen) atoms. The number of carbonyl (C=O) groups is 1. The lowest BCUT2D eigenvalue weighted by molar-refractivity contribution is -0.125. The molecule has 1 amide bonds. The number of amides is 1. The summed E-state index contributed by atoms with van der Waals surface area (Å²) in [6.07, 6.45) is 3.18. The number of imidazole rings is 1. The van der Waals surface area contributed by atoms with Crippen LogP contribution in [0.2, 0.25) is 0 Å². The summed E-state index contributed by atoms with van der Waals surface area (Å²) in [5, 5.41) is 13.2. The zero-order valence-electron chi connectivity index (χ0n) is 19.2. The van der Waals surface area contributed by atoms with Gasteiger partial charge in [-0.2, -0.15) is 0 Å². The fourth-order valence-corrected chi connectivity index (χ4v) is 4.88. The van der Waals surface area contributed by atoms with Crippen molar-refractivity contribution in [2.24, 2.45) is 12.8 Å². The second-order valence-corrected chi connectivity index (χ2v) is 9.85. The van der Waals surface area contributed by atoms with Gasteiger partial charge >= 0.3 is 0 Å². The summed E-state index contributed by atoms with van der Waals surface area (Å²) in [6, 6.07) is 17.1. The standard InChI is InChI=1S/C26H26BrN5O3/c1-32-22-7-6-19(14-21(22)31-25(32)30-17-4-2-16(27)3-5-17)35-20-10-13-29-23(15-20)26(24(28)34)11-8-18(33)9-12-26/h2-7,10,13-15,18,33H,8-9,11-12H2,1H3,(H2,28,34)(H,30,31). The summed E-state index contributed by atoms with van der Waals surface area (Å²) in [7, 11) is 1.95. The van der Waals surface area contributed by atoms with Gasteiger partial charge in [0.25, 0.3) is 0 Å². The number of halogens is 1. The Morgan fingerprint density at radius 1 is 1.14 bits per heavy atom. The molecule has 0 radical (unpaired) electrons. The number of fused-ring (bicyclic) bond motifs is 1. The average molecular weight is 536 g/mol. The van der Waals surface area contributed by atoms with Crippen LogP contribution in [0.3, 0.4) is 0 Å². The van der Waals surface area contributed by atoms with Gasteiger partial charge in [0, 0.05) is 35.5 Å². The first-order valence-electron chi connectivity index (χ1n) is 11.5. The van der Waals surface area contributed by atoms with Gasteiger partial charge in [0.05, 0.1) is 28.2 Å². The Labute approximate surface area is 211 Å². The van der Waals surface area contributed by atoms with Crippen molar-refractivity contribution in [3.8, 4) is 11.5 Å². The van der Waals surface area contributed by atoms with E-state index in [1.165, 1.54) is 0 Å². The predicted octanol–water partition coefficient (Wildman–Crippen LogP) is 4.92. The summed E-state index contributed by atoms with van der Waals surface area (Å²) in [4.78, 5) is 21.6. The Morgan fingerprint density at radius 3 is 2.57 bits per heavy atom. The van der Waals surface area contributed by atoms with Crippen LogP contribution in [-0.4, -0.2) is 31.7 Å². The zero-order chi connectivity index (χ0) is 24.6. The molecule has 2 heterocycles. The van der Waals surface area contributed by atoms with Crippen LogP contribution in [0.15, 0.2) is 65.3 Å². The average Bonchev–Trinajstić information content (AvgIpc) is 3.15. The van der Waals surface area contributed by atoms with Gasteiger partial charge in [0.2, 0.25) is 11.9 Å². The predicted molar refractivity (Wildman–Crippen MR) is 138 cm³/mol. The number of carbonyl (C=O) groups excluding carboxylic acids is 1. The molecule has 0 saturated heterocycles. The molecule has 180 valence electrons. The first-order valence-corrected chi connectivity index (χ1v) is 12.2. The molecule has 9 heteroatoms. The van der Waals surface area contributed by atoms with E-state index in [9.17, 15) is 9.90 Å². The second kappa shape index (κ2) is 9.31. The van der Waals surface area contributed by atoms with Crippen molar-refractivity contribution in [1.29, 1.82) is 0 Å². The van der Waals surface area contributed by atoms with Gasteiger partial charge in [0.15, 0.2) is 0 Å². The van der Waals surface area contributed by atoms with Crippen molar-refractivity contribution in [3.63, 3.8) is 0 Å². The molecule has 2 aromatic carbocycles. The van der Waals surface area contributed by atoms with Crippen LogP contribution in [0.5, 0.6) is 11.5 Å². The normalized spacial score (nSPS) is 20.0. The maximum atomic E-state index is 12.4. The van der Waals surface area contributed by atoms with E-state index in [0.717, 1.165) is 21.2 Å². The molecule has 2 aromatic heterocycles. The maximum absolute atomic E-state index is 12.4. The van der Waals surface area contributed by atoms with Crippen LogP contribution in [-0.2, 0) is 17.3 Å². The lowest BCUT2D eigenvalue weighted by atomic mass is 9.70. The van der Waals surface area contributed by atoms with E-state index in [1.807, 2.05) is 54.1 Å². The smallest absolute Gasteiger partial charge is 0.229 e. The monoisotopic (exact) mass is 535 g/mol. The third kappa shape index (κ3) is 4.61. The molecule has 0 unspecified atom stereocenters. The minimum absolute atomic E-state index is 0.407.